The lowest BCUT2D eigenvalue weighted by Gasteiger charge is -2.05. The summed E-state index contributed by atoms with van der Waals surface area (Å²) in [6, 6.07) is 12.4. The predicted molar refractivity (Wildman–Crippen MR) is 101 cm³/mol. The standard InChI is InChI=1S/C19H14ClFN2O2S/c1-11-17(26-18(23-11)12-2-6-14(20)7-3-12)16(22)10-25-19(24)13-4-8-15(21)9-5-13/h2-9,22H,10H2,1H3. The molecule has 7 heteroatoms. The number of hydrogen-bond donors (Lipinski definition) is 1. The molecule has 0 aliphatic rings. The van der Waals surface area contributed by atoms with E-state index >= 15 is 0 Å². The minimum atomic E-state index is -0.602. The first-order valence-corrected chi connectivity index (χ1v) is 8.87. The fourth-order valence-electron chi connectivity index (χ4n) is 2.26. The molecular weight excluding hydrogens is 375 g/mol. The number of carbonyl (C=O) groups excluding carboxylic acids is 1. The molecule has 3 rings (SSSR count). The normalized spacial score (nSPS) is 10.6. The van der Waals surface area contributed by atoms with Gasteiger partial charge in [0.25, 0.3) is 0 Å². The number of carbonyl (C=O) groups is 1. The van der Waals surface area contributed by atoms with E-state index < -0.39 is 11.8 Å². The number of nitrogens with one attached hydrogen (secondary N) is 1. The first-order chi connectivity index (χ1) is 12.4. The number of rotatable bonds is 5. The zero-order valence-corrected chi connectivity index (χ0v) is 15.3. The second-order valence-corrected chi connectivity index (χ2v) is 6.94. The van der Waals surface area contributed by atoms with Crippen LogP contribution in [-0.2, 0) is 4.74 Å². The van der Waals surface area contributed by atoms with Crippen molar-refractivity contribution in [1.82, 2.24) is 4.98 Å². The number of halogens is 2. The van der Waals surface area contributed by atoms with Gasteiger partial charge in [0.05, 0.1) is 21.8 Å². The summed E-state index contributed by atoms with van der Waals surface area (Å²) in [5, 5.41) is 9.59. The van der Waals surface area contributed by atoms with Gasteiger partial charge in [-0.1, -0.05) is 23.7 Å². The molecule has 2 aromatic carbocycles. The maximum atomic E-state index is 12.9. The Kier molecular flexibility index (Phi) is 5.44. The molecule has 0 amide bonds. The Morgan fingerprint density at radius 2 is 1.85 bits per heavy atom. The Morgan fingerprint density at radius 1 is 1.19 bits per heavy atom. The fourth-order valence-corrected chi connectivity index (χ4v) is 3.40. The van der Waals surface area contributed by atoms with Crippen LogP contribution in [-0.4, -0.2) is 23.3 Å². The van der Waals surface area contributed by atoms with E-state index in [-0.39, 0.29) is 17.9 Å². The monoisotopic (exact) mass is 388 g/mol. The lowest BCUT2D eigenvalue weighted by atomic mass is 10.2. The van der Waals surface area contributed by atoms with Crippen LogP contribution in [0.1, 0.15) is 20.9 Å². The number of thiazole rings is 1. The number of aryl methyl sites for hydroxylation is 1. The van der Waals surface area contributed by atoms with Crippen molar-refractivity contribution in [2.75, 3.05) is 6.61 Å². The van der Waals surface area contributed by atoms with Gasteiger partial charge in [-0.25, -0.2) is 14.2 Å². The van der Waals surface area contributed by atoms with Crippen LogP contribution in [0.2, 0.25) is 5.02 Å². The summed E-state index contributed by atoms with van der Waals surface area (Å²) in [5.74, 6) is -1.03. The van der Waals surface area contributed by atoms with Crippen LogP contribution >= 0.6 is 22.9 Å². The average Bonchev–Trinajstić information content (AvgIpc) is 3.02. The third kappa shape index (κ3) is 4.15. The van der Waals surface area contributed by atoms with E-state index in [1.54, 1.807) is 12.1 Å². The average molecular weight is 389 g/mol. The summed E-state index contributed by atoms with van der Waals surface area (Å²) in [7, 11) is 0. The molecule has 0 unspecified atom stereocenters. The van der Waals surface area contributed by atoms with Gasteiger partial charge in [0.1, 0.15) is 17.4 Å². The Bertz CT molecular complexity index is 953. The lowest BCUT2D eigenvalue weighted by molar-refractivity contribution is 0.0563. The zero-order valence-electron chi connectivity index (χ0n) is 13.8. The highest BCUT2D eigenvalue weighted by Crippen LogP contribution is 2.29. The molecule has 1 heterocycles. The number of ether oxygens (including phenoxy) is 1. The molecule has 0 saturated carbocycles. The van der Waals surface area contributed by atoms with Gasteiger partial charge in [0.15, 0.2) is 0 Å². The van der Waals surface area contributed by atoms with E-state index in [9.17, 15) is 9.18 Å². The number of nitrogens with zero attached hydrogens (tertiary/aromatic N) is 1. The van der Waals surface area contributed by atoms with Crippen molar-refractivity contribution in [3.8, 4) is 10.6 Å². The molecule has 0 aliphatic carbocycles. The molecule has 0 atom stereocenters. The van der Waals surface area contributed by atoms with Gasteiger partial charge in [0.2, 0.25) is 0 Å². The molecule has 1 aromatic heterocycles. The van der Waals surface area contributed by atoms with Crippen LogP contribution in [0.4, 0.5) is 4.39 Å². The van der Waals surface area contributed by atoms with E-state index in [4.69, 9.17) is 21.7 Å². The van der Waals surface area contributed by atoms with Crippen molar-refractivity contribution in [3.05, 3.63) is 75.5 Å². The largest absolute Gasteiger partial charge is 0.456 e. The first-order valence-electron chi connectivity index (χ1n) is 7.68. The third-order valence-electron chi connectivity index (χ3n) is 3.59. The van der Waals surface area contributed by atoms with Crippen LogP contribution in [0.5, 0.6) is 0 Å². The fraction of sp³-hybridized carbons (Fsp3) is 0.105. The third-order valence-corrected chi connectivity index (χ3v) is 5.11. The summed E-state index contributed by atoms with van der Waals surface area (Å²) in [4.78, 5) is 17.1. The molecule has 0 spiro atoms. The molecule has 0 aliphatic heterocycles. The van der Waals surface area contributed by atoms with E-state index in [0.717, 1.165) is 10.6 Å². The molecule has 0 fully saturated rings. The van der Waals surface area contributed by atoms with E-state index in [2.05, 4.69) is 4.98 Å². The van der Waals surface area contributed by atoms with Gasteiger partial charge < -0.3 is 10.1 Å². The molecule has 132 valence electrons. The van der Waals surface area contributed by atoms with Crippen LogP contribution in [0.3, 0.4) is 0 Å². The molecule has 0 saturated heterocycles. The number of benzene rings is 2. The SMILES string of the molecule is Cc1nc(-c2ccc(Cl)cc2)sc1C(=N)COC(=O)c1ccc(F)cc1. The summed E-state index contributed by atoms with van der Waals surface area (Å²) in [5.41, 5.74) is 2.00. The highest BCUT2D eigenvalue weighted by atomic mass is 35.5. The Hall–Kier alpha value is -2.57. The Labute approximate surface area is 158 Å². The minimum Gasteiger partial charge on any atom is -0.456 e. The van der Waals surface area contributed by atoms with E-state index in [1.165, 1.54) is 35.6 Å². The number of aromatic nitrogens is 1. The second-order valence-electron chi connectivity index (χ2n) is 5.50. The molecule has 0 radical (unpaired) electrons. The van der Waals surface area contributed by atoms with Crippen molar-refractivity contribution in [1.29, 1.82) is 5.41 Å². The van der Waals surface area contributed by atoms with Gasteiger partial charge >= 0.3 is 5.97 Å². The van der Waals surface area contributed by atoms with Crippen molar-refractivity contribution in [2.45, 2.75) is 6.92 Å². The van der Waals surface area contributed by atoms with Gasteiger partial charge in [0, 0.05) is 10.6 Å². The van der Waals surface area contributed by atoms with Crippen LogP contribution in [0.25, 0.3) is 10.6 Å². The summed E-state index contributed by atoms with van der Waals surface area (Å²) < 4.78 is 18.0. The number of hydrogen-bond acceptors (Lipinski definition) is 5. The highest BCUT2D eigenvalue weighted by molar-refractivity contribution is 7.17. The van der Waals surface area contributed by atoms with E-state index in [0.29, 0.717) is 15.6 Å². The van der Waals surface area contributed by atoms with Crippen molar-refractivity contribution >= 4 is 34.6 Å². The maximum Gasteiger partial charge on any atom is 0.338 e. The molecule has 0 bridgehead atoms. The summed E-state index contributed by atoms with van der Waals surface area (Å²) in [6.45, 7) is 1.63. The zero-order chi connectivity index (χ0) is 18.7. The highest BCUT2D eigenvalue weighted by Gasteiger charge is 2.16. The topological polar surface area (TPSA) is 63.0 Å². The molecule has 4 nitrogen and oxygen atoms in total. The smallest absolute Gasteiger partial charge is 0.338 e. The van der Waals surface area contributed by atoms with Crippen LogP contribution < -0.4 is 0 Å². The summed E-state index contributed by atoms with van der Waals surface area (Å²) in [6.07, 6.45) is 0. The Balaban J connectivity index is 1.69. The summed E-state index contributed by atoms with van der Waals surface area (Å²) >= 11 is 7.25. The van der Waals surface area contributed by atoms with Gasteiger partial charge in [-0.15, -0.1) is 11.3 Å². The van der Waals surface area contributed by atoms with Crippen molar-refractivity contribution in [3.63, 3.8) is 0 Å². The first kappa shape index (κ1) is 18.2. The van der Waals surface area contributed by atoms with Gasteiger partial charge in [-0.3, -0.25) is 0 Å². The maximum absolute atomic E-state index is 12.9. The van der Waals surface area contributed by atoms with Crippen molar-refractivity contribution < 1.29 is 13.9 Å². The Morgan fingerprint density at radius 3 is 2.50 bits per heavy atom. The molecule has 26 heavy (non-hydrogen) atoms. The van der Waals surface area contributed by atoms with Crippen LogP contribution in [0, 0.1) is 18.2 Å². The quantitative estimate of drug-likeness (QED) is 0.486. The lowest BCUT2D eigenvalue weighted by Crippen LogP contribution is -2.14. The van der Waals surface area contributed by atoms with Crippen molar-refractivity contribution in [2.24, 2.45) is 0 Å². The number of esters is 1. The second kappa shape index (κ2) is 7.76. The van der Waals surface area contributed by atoms with Gasteiger partial charge in [-0.05, 0) is 43.3 Å². The molecule has 1 N–H and O–H groups in total. The van der Waals surface area contributed by atoms with Crippen LogP contribution in [0.15, 0.2) is 48.5 Å². The minimum absolute atomic E-state index is 0.163. The van der Waals surface area contributed by atoms with Gasteiger partial charge in [-0.2, -0.15) is 0 Å². The molecule has 3 aromatic rings. The molecular formula is C19H14ClFN2O2S. The predicted octanol–water partition coefficient (Wildman–Crippen LogP) is 5.14. The van der Waals surface area contributed by atoms with E-state index in [1.807, 2.05) is 19.1 Å².